The van der Waals surface area contributed by atoms with Gasteiger partial charge in [0.05, 0.1) is 18.4 Å². The van der Waals surface area contributed by atoms with Crippen LogP contribution in [0.4, 0.5) is 0 Å². The van der Waals surface area contributed by atoms with Crippen LogP contribution in [0.25, 0.3) is 0 Å². The van der Waals surface area contributed by atoms with Crippen LogP contribution in [0, 0.1) is 0 Å². The van der Waals surface area contributed by atoms with E-state index >= 15 is 0 Å². The first kappa shape index (κ1) is 11.6. The lowest BCUT2D eigenvalue weighted by molar-refractivity contribution is 0.102. The Morgan fingerprint density at radius 3 is 2.82 bits per heavy atom. The standard InChI is InChI=1S/C12H15N3O2/c1-15(2)7-8-4-5-10-9(11(8)16)6-13-12(14-10)17-3/h6-7H,4-5H2,1-3H3. The Morgan fingerprint density at radius 1 is 1.41 bits per heavy atom. The first-order valence-electron chi connectivity index (χ1n) is 5.43. The average Bonchev–Trinajstić information content (AvgIpc) is 2.32. The minimum atomic E-state index is 0.0163. The molecule has 1 aliphatic rings. The maximum Gasteiger partial charge on any atom is 0.316 e. The quantitative estimate of drug-likeness (QED) is 0.715. The summed E-state index contributed by atoms with van der Waals surface area (Å²) in [5.41, 5.74) is 2.17. The largest absolute Gasteiger partial charge is 0.467 e. The Morgan fingerprint density at radius 2 is 2.18 bits per heavy atom. The Balaban J connectivity index is 2.37. The number of allylic oxidation sites excluding steroid dienone is 1. The van der Waals surface area contributed by atoms with Crippen LogP contribution in [-0.2, 0) is 6.42 Å². The normalized spacial score (nSPS) is 16.9. The molecule has 0 bridgehead atoms. The molecule has 1 heterocycles. The predicted molar refractivity (Wildman–Crippen MR) is 63.0 cm³/mol. The van der Waals surface area contributed by atoms with E-state index in [0.29, 0.717) is 18.0 Å². The molecule has 0 saturated heterocycles. The third-order valence-corrected chi connectivity index (χ3v) is 2.61. The van der Waals surface area contributed by atoms with Gasteiger partial charge in [-0.15, -0.1) is 0 Å². The number of hydrogen-bond acceptors (Lipinski definition) is 5. The molecular formula is C12H15N3O2. The fourth-order valence-electron chi connectivity index (χ4n) is 1.85. The molecule has 0 aliphatic heterocycles. The zero-order valence-electron chi connectivity index (χ0n) is 10.2. The molecule has 0 unspecified atom stereocenters. The van der Waals surface area contributed by atoms with E-state index in [1.807, 2.05) is 25.2 Å². The number of ether oxygens (including phenoxy) is 1. The number of aryl methyl sites for hydroxylation is 1. The van der Waals surface area contributed by atoms with Gasteiger partial charge in [0, 0.05) is 32.1 Å². The van der Waals surface area contributed by atoms with Crippen LogP contribution in [0.5, 0.6) is 6.01 Å². The first-order chi connectivity index (χ1) is 8.11. The number of carbonyl (C=O) groups excluding carboxylic acids is 1. The SMILES string of the molecule is COc1ncc2c(n1)CCC(=CN(C)C)C2=O. The monoisotopic (exact) mass is 233 g/mol. The molecular weight excluding hydrogens is 218 g/mol. The van der Waals surface area contributed by atoms with E-state index < -0.39 is 0 Å². The van der Waals surface area contributed by atoms with E-state index in [1.54, 1.807) is 6.20 Å². The molecule has 0 atom stereocenters. The van der Waals surface area contributed by atoms with E-state index in [0.717, 1.165) is 17.7 Å². The van der Waals surface area contributed by atoms with Gasteiger partial charge in [0.15, 0.2) is 5.78 Å². The van der Waals surface area contributed by atoms with Gasteiger partial charge in [-0.2, -0.15) is 4.98 Å². The molecule has 1 aliphatic carbocycles. The van der Waals surface area contributed by atoms with Gasteiger partial charge in [0.2, 0.25) is 0 Å². The van der Waals surface area contributed by atoms with Crippen molar-refractivity contribution in [2.24, 2.45) is 0 Å². The van der Waals surface area contributed by atoms with Crippen molar-refractivity contribution >= 4 is 5.78 Å². The fourth-order valence-corrected chi connectivity index (χ4v) is 1.85. The van der Waals surface area contributed by atoms with Crippen molar-refractivity contribution in [2.45, 2.75) is 12.8 Å². The van der Waals surface area contributed by atoms with E-state index in [2.05, 4.69) is 9.97 Å². The van der Waals surface area contributed by atoms with Crippen LogP contribution in [-0.4, -0.2) is 41.9 Å². The summed E-state index contributed by atoms with van der Waals surface area (Å²) in [6.45, 7) is 0. The number of rotatable bonds is 2. The Hall–Kier alpha value is -1.91. The van der Waals surface area contributed by atoms with Gasteiger partial charge in [0.25, 0.3) is 0 Å². The van der Waals surface area contributed by atoms with Crippen molar-refractivity contribution < 1.29 is 9.53 Å². The molecule has 2 rings (SSSR count). The summed E-state index contributed by atoms with van der Waals surface area (Å²) in [4.78, 5) is 22.2. The molecule has 0 radical (unpaired) electrons. The summed E-state index contributed by atoms with van der Waals surface area (Å²) in [5, 5.41) is 0. The van der Waals surface area contributed by atoms with E-state index in [4.69, 9.17) is 4.74 Å². The van der Waals surface area contributed by atoms with Crippen molar-refractivity contribution in [3.8, 4) is 6.01 Å². The van der Waals surface area contributed by atoms with Gasteiger partial charge in [0.1, 0.15) is 0 Å². The smallest absolute Gasteiger partial charge is 0.316 e. The van der Waals surface area contributed by atoms with Gasteiger partial charge < -0.3 is 9.64 Å². The summed E-state index contributed by atoms with van der Waals surface area (Å²) in [7, 11) is 5.32. The molecule has 0 N–H and O–H groups in total. The summed E-state index contributed by atoms with van der Waals surface area (Å²) in [5.74, 6) is 0.0163. The van der Waals surface area contributed by atoms with E-state index in [9.17, 15) is 4.79 Å². The molecule has 0 fully saturated rings. The zero-order chi connectivity index (χ0) is 12.4. The minimum absolute atomic E-state index is 0.0163. The molecule has 90 valence electrons. The van der Waals surface area contributed by atoms with Crippen LogP contribution in [0.15, 0.2) is 18.0 Å². The minimum Gasteiger partial charge on any atom is -0.467 e. The van der Waals surface area contributed by atoms with Crippen molar-refractivity contribution in [2.75, 3.05) is 21.2 Å². The number of nitrogens with zero attached hydrogens (tertiary/aromatic N) is 3. The van der Waals surface area contributed by atoms with Crippen molar-refractivity contribution in [1.29, 1.82) is 0 Å². The first-order valence-corrected chi connectivity index (χ1v) is 5.43. The van der Waals surface area contributed by atoms with Crippen LogP contribution in [0.2, 0.25) is 0 Å². The third-order valence-electron chi connectivity index (χ3n) is 2.61. The number of Topliss-reactive ketones (excluding diaryl/α,β-unsaturated/α-hetero) is 1. The van der Waals surface area contributed by atoms with Crippen molar-refractivity contribution in [3.05, 3.63) is 29.2 Å². The van der Waals surface area contributed by atoms with E-state index in [1.165, 1.54) is 7.11 Å². The highest BCUT2D eigenvalue weighted by atomic mass is 16.5. The number of carbonyl (C=O) groups is 1. The second-order valence-corrected chi connectivity index (χ2v) is 4.16. The highest BCUT2D eigenvalue weighted by Crippen LogP contribution is 2.24. The molecule has 1 aromatic rings. The molecule has 0 spiro atoms. The molecule has 5 nitrogen and oxygen atoms in total. The lowest BCUT2D eigenvalue weighted by Crippen LogP contribution is -2.18. The van der Waals surface area contributed by atoms with Crippen molar-refractivity contribution in [1.82, 2.24) is 14.9 Å². The highest BCUT2D eigenvalue weighted by molar-refractivity contribution is 6.10. The maximum atomic E-state index is 12.1. The lowest BCUT2D eigenvalue weighted by Gasteiger charge is -2.18. The third kappa shape index (κ3) is 2.27. The van der Waals surface area contributed by atoms with Gasteiger partial charge >= 0.3 is 6.01 Å². The summed E-state index contributed by atoms with van der Waals surface area (Å²) in [6.07, 6.45) is 4.87. The molecule has 17 heavy (non-hydrogen) atoms. The number of fused-ring (bicyclic) bond motifs is 1. The van der Waals surface area contributed by atoms with Crippen LogP contribution in [0.1, 0.15) is 22.5 Å². The van der Waals surface area contributed by atoms with Crippen LogP contribution >= 0.6 is 0 Å². The second kappa shape index (κ2) is 4.53. The van der Waals surface area contributed by atoms with Crippen molar-refractivity contribution in [3.63, 3.8) is 0 Å². The summed E-state index contributed by atoms with van der Waals surface area (Å²) >= 11 is 0. The topological polar surface area (TPSA) is 55.3 Å². The lowest BCUT2D eigenvalue weighted by atomic mass is 9.91. The molecule has 0 amide bonds. The second-order valence-electron chi connectivity index (χ2n) is 4.16. The fraction of sp³-hybridized carbons (Fsp3) is 0.417. The number of hydrogen-bond donors (Lipinski definition) is 0. The molecule has 0 saturated carbocycles. The summed E-state index contributed by atoms with van der Waals surface area (Å²) in [6, 6.07) is 0.316. The highest BCUT2D eigenvalue weighted by Gasteiger charge is 2.24. The van der Waals surface area contributed by atoms with E-state index in [-0.39, 0.29) is 5.78 Å². The van der Waals surface area contributed by atoms with Gasteiger partial charge in [-0.05, 0) is 12.8 Å². The predicted octanol–water partition coefficient (Wildman–Crippen LogP) is 1.06. The van der Waals surface area contributed by atoms with Crippen LogP contribution < -0.4 is 4.74 Å². The molecule has 0 aromatic carbocycles. The number of ketones is 1. The Bertz CT molecular complexity index is 481. The molecule has 5 heteroatoms. The number of aromatic nitrogens is 2. The Kier molecular flexibility index (Phi) is 3.08. The zero-order valence-corrected chi connectivity index (χ0v) is 10.2. The summed E-state index contributed by atoms with van der Waals surface area (Å²) < 4.78 is 4.95. The average molecular weight is 233 g/mol. The van der Waals surface area contributed by atoms with Gasteiger partial charge in [-0.25, -0.2) is 4.98 Å². The number of methoxy groups -OCH3 is 1. The Labute approximate surface area is 100 Å². The van der Waals surface area contributed by atoms with Gasteiger partial charge in [-0.3, -0.25) is 4.79 Å². The molecule has 1 aromatic heterocycles. The van der Waals surface area contributed by atoms with Crippen LogP contribution in [0.3, 0.4) is 0 Å². The van der Waals surface area contributed by atoms with Gasteiger partial charge in [-0.1, -0.05) is 0 Å². The maximum absolute atomic E-state index is 12.1.